The number of nitrogens with one attached hydrogen (secondary N) is 1. The number of furan rings is 2. The first-order chi connectivity index (χ1) is 13.0. The monoisotopic (exact) mass is 392 g/mol. The summed E-state index contributed by atoms with van der Waals surface area (Å²) in [4.78, 5) is 38.2. The van der Waals surface area contributed by atoms with E-state index in [1.54, 1.807) is 24.3 Å². The van der Waals surface area contributed by atoms with Gasteiger partial charge in [-0.1, -0.05) is 0 Å². The van der Waals surface area contributed by atoms with Crippen LogP contribution in [0.5, 0.6) is 0 Å². The van der Waals surface area contributed by atoms with Crippen molar-refractivity contribution in [2.24, 2.45) is 0 Å². The van der Waals surface area contributed by atoms with Gasteiger partial charge in [0.1, 0.15) is 22.9 Å². The fourth-order valence-electron chi connectivity index (χ4n) is 2.76. The van der Waals surface area contributed by atoms with E-state index in [0.29, 0.717) is 17.3 Å². The lowest BCUT2D eigenvalue weighted by atomic mass is 10.2. The van der Waals surface area contributed by atoms with E-state index in [4.69, 9.17) is 13.6 Å². The van der Waals surface area contributed by atoms with E-state index in [1.807, 2.05) is 0 Å². The van der Waals surface area contributed by atoms with E-state index in [-0.39, 0.29) is 12.5 Å². The maximum atomic E-state index is 12.6. The van der Waals surface area contributed by atoms with Crippen molar-refractivity contribution in [3.63, 3.8) is 0 Å². The standard InChI is InChI=1S/C18H20N2O6S/c1-11(16(22)19-9-13-5-3-7-24-13)26-18(23)14-10-27-17(20(14)12(2)21)15-6-4-8-25-15/h3-8,11,14,17H,9-10H2,1-2H3,(H,19,22)/t11-,14+,17-/m1/s1. The molecule has 1 saturated heterocycles. The molecule has 0 radical (unpaired) electrons. The second-order valence-electron chi connectivity index (χ2n) is 6.02. The molecule has 1 aliphatic rings. The molecule has 1 N–H and O–H groups in total. The average molecular weight is 392 g/mol. The highest BCUT2D eigenvalue weighted by atomic mass is 32.2. The Kier molecular flexibility index (Phi) is 5.90. The third-order valence-electron chi connectivity index (χ3n) is 4.10. The molecule has 144 valence electrons. The smallest absolute Gasteiger partial charge is 0.330 e. The number of carbonyl (C=O) groups is 3. The lowest BCUT2D eigenvalue weighted by molar-refractivity contribution is -0.161. The van der Waals surface area contributed by atoms with Crippen molar-refractivity contribution < 1.29 is 28.0 Å². The molecule has 0 aromatic carbocycles. The first-order valence-corrected chi connectivity index (χ1v) is 9.46. The molecule has 3 rings (SSSR count). The predicted molar refractivity (Wildman–Crippen MR) is 96.3 cm³/mol. The molecule has 8 nitrogen and oxygen atoms in total. The SMILES string of the molecule is CC(=O)N1[C@@H](c2ccco2)SC[C@H]1C(=O)O[C@H](C)C(=O)NCc1ccco1. The van der Waals surface area contributed by atoms with E-state index < -0.39 is 29.4 Å². The third-order valence-corrected chi connectivity index (χ3v) is 5.39. The lowest BCUT2D eigenvalue weighted by Crippen LogP contribution is -2.45. The summed E-state index contributed by atoms with van der Waals surface area (Å²) in [6.45, 7) is 3.08. The van der Waals surface area contributed by atoms with Crippen LogP contribution in [-0.4, -0.2) is 40.6 Å². The van der Waals surface area contributed by atoms with Crippen molar-refractivity contribution in [3.05, 3.63) is 48.3 Å². The molecule has 1 fully saturated rings. The number of esters is 1. The normalized spacial score (nSPS) is 20.3. The summed E-state index contributed by atoms with van der Waals surface area (Å²) in [5.41, 5.74) is 0. The highest BCUT2D eigenvalue weighted by molar-refractivity contribution is 7.99. The van der Waals surface area contributed by atoms with Crippen molar-refractivity contribution in [2.75, 3.05) is 5.75 Å². The molecule has 0 aliphatic carbocycles. The molecule has 0 saturated carbocycles. The largest absolute Gasteiger partial charge is 0.467 e. The second kappa shape index (κ2) is 8.34. The summed E-state index contributed by atoms with van der Waals surface area (Å²) in [6, 6.07) is 6.15. The van der Waals surface area contributed by atoms with Crippen LogP contribution in [0.15, 0.2) is 45.6 Å². The summed E-state index contributed by atoms with van der Waals surface area (Å²) < 4.78 is 15.8. The predicted octanol–water partition coefficient (Wildman–Crippen LogP) is 2.08. The molecule has 2 aromatic rings. The molecule has 0 unspecified atom stereocenters. The number of ether oxygens (including phenoxy) is 1. The molecule has 2 amide bonds. The van der Waals surface area contributed by atoms with E-state index in [1.165, 1.54) is 43.0 Å². The zero-order valence-corrected chi connectivity index (χ0v) is 15.7. The second-order valence-corrected chi connectivity index (χ2v) is 7.13. The Morgan fingerprint density at radius 1 is 1.30 bits per heavy atom. The highest BCUT2D eigenvalue weighted by Gasteiger charge is 2.43. The van der Waals surface area contributed by atoms with Crippen LogP contribution in [0.2, 0.25) is 0 Å². The zero-order valence-electron chi connectivity index (χ0n) is 14.9. The number of thioether (sulfide) groups is 1. The van der Waals surface area contributed by atoms with Gasteiger partial charge in [0.25, 0.3) is 5.91 Å². The van der Waals surface area contributed by atoms with Gasteiger partial charge < -0.3 is 23.8 Å². The van der Waals surface area contributed by atoms with Crippen LogP contribution < -0.4 is 5.32 Å². The highest BCUT2D eigenvalue weighted by Crippen LogP contribution is 2.41. The van der Waals surface area contributed by atoms with Gasteiger partial charge in [0, 0.05) is 12.7 Å². The van der Waals surface area contributed by atoms with Crippen molar-refractivity contribution in [1.82, 2.24) is 10.2 Å². The van der Waals surface area contributed by atoms with Crippen molar-refractivity contribution >= 4 is 29.5 Å². The van der Waals surface area contributed by atoms with Gasteiger partial charge in [-0.3, -0.25) is 9.59 Å². The van der Waals surface area contributed by atoms with Crippen LogP contribution in [0.1, 0.15) is 30.7 Å². The summed E-state index contributed by atoms with van der Waals surface area (Å²) in [5.74, 6) is 0.228. The van der Waals surface area contributed by atoms with E-state index in [2.05, 4.69) is 5.32 Å². The Labute approximate surface area is 160 Å². The Bertz CT molecular complexity index is 789. The number of rotatable bonds is 6. The minimum absolute atomic E-state index is 0.202. The summed E-state index contributed by atoms with van der Waals surface area (Å²) >= 11 is 1.41. The molecule has 2 aromatic heterocycles. The fraction of sp³-hybridized carbons (Fsp3) is 0.389. The van der Waals surface area contributed by atoms with Gasteiger partial charge in [-0.15, -0.1) is 11.8 Å². The first kappa shape index (κ1) is 19.1. The fourth-order valence-corrected chi connectivity index (χ4v) is 4.18. The molecule has 3 atom stereocenters. The van der Waals surface area contributed by atoms with Gasteiger partial charge in [-0.05, 0) is 31.2 Å². The van der Waals surface area contributed by atoms with Crippen LogP contribution in [0.25, 0.3) is 0 Å². The molecular formula is C18H20N2O6S. The number of carbonyl (C=O) groups excluding carboxylic acids is 3. The number of hydrogen-bond acceptors (Lipinski definition) is 7. The minimum atomic E-state index is -0.992. The average Bonchev–Trinajstić information content (AvgIpc) is 3.39. The molecular weight excluding hydrogens is 372 g/mol. The molecule has 0 spiro atoms. The topological polar surface area (TPSA) is 102 Å². The van der Waals surface area contributed by atoms with Crippen molar-refractivity contribution in [2.45, 2.75) is 37.9 Å². The van der Waals surface area contributed by atoms with Crippen LogP contribution >= 0.6 is 11.8 Å². The number of hydrogen-bond donors (Lipinski definition) is 1. The van der Waals surface area contributed by atoms with Crippen molar-refractivity contribution in [3.8, 4) is 0 Å². The number of nitrogens with zero attached hydrogens (tertiary/aromatic N) is 1. The van der Waals surface area contributed by atoms with Gasteiger partial charge in [0.2, 0.25) is 5.91 Å². The summed E-state index contributed by atoms with van der Waals surface area (Å²) in [7, 11) is 0. The number of amides is 2. The van der Waals surface area contributed by atoms with Gasteiger partial charge >= 0.3 is 5.97 Å². The van der Waals surface area contributed by atoms with E-state index >= 15 is 0 Å². The minimum Gasteiger partial charge on any atom is -0.467 e. The molecule has 9 heteroatoms. The Morgan fingerprint density at radius 3 is 2.67 bits per heavy atom. The quantitative estimate of drug-likeness (QED) is 0.751. The van der Waals surface area contributed by atoms with E-state index in [0.717, 1.165) is 0 Å². The first-order valence-electron chi connectivity index (χ1n) is 8.42. The van der Waals surface area contributed by atoms with Gasteiger partial charge in [0.05, 0.1) is 19.1 Å². The van der Waals surface area contributed by atoms with E-state index in [9.17, 15) is 14.4 Å². The Balaban J connectivity index is 1.59. The summed E-state index contributed by atoms with van der Waals surface area (Å²) in [6.07, 6.45) is 2.04. The maximum absolute atomic E-state index is 12.6. The zero-order chi connectivity index (χ0) is 19.4. The van der Waals surface area contributed by atoms with Gasteiger partial charge in [0.15, 0.2) is 6.10 Å². The van der Waals surface area contributed by atoms with Gasteiger partial charge in [-0.2, -0.15) is 0 Å². The van der Waals surface area contributed by atoms with Crippen molar-refractivity contribution in [1.29, 1.82) is 0 Å². The third kappa shape index (κ3) is 4.36. The molecule has 1 aliphatic heterocycles. The molecule has 3 heterocycles. The molecule has 0 bridgehead atoms. The maximum Gasteiger partial charge on any atom is 0.330 e. The van der Waals surface area contributed by atoms with Crippen LogP contribution in [0.3, 0.4) is 0 Å². The molecule has 27 heavy (non-hydrogen) atoms. The summed E-state index contributed by atoms with van der Waals surface area (Å²) in [5, 5.41) is 2.24. The van der Waals surface area contributed by atoms with Crippen LogP contribution in [0.4, 0.5) is 0 Å². The van der Waals surface area contributed by atoms with Crippen LogP contribution in [0, 0.1) is 0 Å². The Morgan fingerprint density at radius 2 is 2.04 bits per heavy atom. The lowest BCUT2D eigenvalue weighted by Gasteiger charge is -2.26. The Hall–Kier alpha value is -2.68. The van der Waals surface area contributed by atoms with Gasteiger partial charge in [-0.25, -0.2) is 4.79 Å². The van der Waals surface area contributed by atoms with Crippen LogP contribution in [-0.2, 0) is 25.7 Å².